The van der Waals surface area contributed by atoms with Crippen LogP contribution in [0, 0.1) is 47.3 Å². The third-order valence-electron chi connectivity index (χ3n) is 17.3. The first-order valence-electron chi connectivity index (χ1n) is 25.4. The molecule has 0 aromatic carbocycles. The van der Waals surface area contributed by atoms with Crippen molar-refractivity contribution >= 4 is 63.7 Å². The van der Waals surface area contributed by atoms with Gasteiger partial charge in [0.05, 0.1) is 61.5 Å². The van der Waals surface area contributed by atoms with Gasteiger partial charge in [-0.25, -0.2) is 35.1 Å². The van der Waals surface area contributed by atoms with Crippen molar-refractivity contribution in [1.29, 1.82) is 0 Å². The number of ether oxygens (including phenoxy) is 4. The van der Waals surface area contributed by atoms with Gasteiger partial charge in [0.2, 0.25) is 0 Å². The van der Waals surface area contributed by atoms with Gasteiger partial charge in [0.15, 0.2) is 0 Å². The van der Waals surface area contributed by atoms with Gasteiger partial charge in [-0.15, -0.1) is 0 Å². The van der Waals surface area contributed by atoms with E-state index in [0.717, 1.165) is 38.5 Å². The topological polar surface area (TPSA) is 133 Å². The van der Waals surface area contributed by atoms with E-state index in [-0.39, 0.29) is 56.4 Å². The normalized spacial score (nSPS) is 45.2. The lowest BCUT2D eigenvalue weighted by Crippen LogP contribution is -2.67. The van der Waals surface area contributed by atoms with Crippen molar-refractivity contribution in [2.75, 3.05) is 26.4 Å². The molecule has 5 aliphatic heterocycles. The third kappa shape index (κ3) is 12.0. The van der Waals surface area contributed by atoms with Crippen molar-refractivity contribution in [3.63, 3.8) is 0 Å². The van der Waals surface area contributed by atoms with Crippen LogP contribution in [0.2, 0.25) is 0 Å². The Bertz CT molecular complexity index is 1970. The number of alkyl halides is 20. The van der Waals surface area contributed by atoms with Crippen molar-refractivity contribution in [3.05, 3.63) is 0 Å². The first-order valence-corrected chi connectivity index (χ1v) is 29.0. The molecule has 76 heavy (non-hydrogen) atoms. The molecule has 0 amide bonds. The van der Waals surface area contributed by atoms with E-state index < -0.39 is 160 Å². The summed E-state index contributed by atoms with van der Waals surface area (Å²) < 4.78 is 253. The van der Waals surface area contributed by atoms with Crippen molar-refractivity contribution in [2.45, 2.75) is 194 Å². The van der Waals surface area contributed by atoms with E-state index in [2.05, 4.69) is 106 Å². The molecule has 0 aromatic rings. The molecule has 440 valence electrons. The van der Waals surface area contributed by atoms with Crippen LogP contribution in [0.3, 0.4) is 0 Å². The Morgan fingerprint density at radius 3 is 0.776 bits per heavy atom. The number of hydrogen-bond donors (Lipinski definition) is 8. The van der Waals surface area contributed by atoms with Crippen molar-refractivity contribution in [2.24, 2.45) is 47.3 Å². The fraction of sp³-hybridized carbons (Fsp3) is 1.00. The maximum Gasteiger partial charge on any atom is 0.330 e. The van der Waals surface area contributed by atoms with Gasteiger partial charge in [-0.2, -0.15) is 35.1 Å². The van der Waals surface area contributed by atoms with Gasteiger partial charge in [-0.05, 0) is 49.4 Å². The Labute approximate surface area is 460 Å². The average molecular weight is 1390 g/mol. The molecule has 9 aliphatic rings. The summed E-state index contributed by atoms with van der Waals surface area (Å²) in [4.78, 5) is -1.30. The monoisotopic (exact) mass is 1380 g/mol. The Morgan fingerprint density at radius 1 is 0.316 bits per heavy atom. The van der Waals surface area contributed by atoms with Crippen LogP contribution < -0.4 is 42.5 Å². The van der Waals surface area contributed by atoms with Gasteiger partial charge < -0.3 is 18.9 Å². The third-order valence-corrected chi connectivity index (χ3v) is 24.1. The standard InChI is InChI=1S/C44H60Br4F16N8O4/c45-21-17-18(22(46)24(48)23(21)47)34-70-33(17)68-31-15-7-3-1-5-13(15)29(66-31)65-30-14-6-2-4-8-16(14)32(67-30)69-35-19-20(36(71-34)72-35)26(74-10-42(59,60)38(51)52)28(76-12-44(63,64)40(55)56)27(75-11-43(61,62)39(53)54)25(19)73-9-41(57,58)37(49)50/h13-40,65-72H,1-12H2. The summed E-state index contributed by atoms with van der Waals surface area (Å²) in [5.74, 6) is -25.0. The zero-order chi connectivity index (χ0) is 55.1. The average Bonchev–Trinajstić information content (AvgIpc) is 4.20. The van der Waals surface area contributed by atoms with E-state index in [1.165, 1.54) is 0 Å². The van der Waals surface area contributed by atoms with Gasteiger partial charge in [0.25, 0.3) is 0 Å². The largest absolute Gasteiger partial charge is 0.368 e. The van der Waals surface area contributed by atoms with Gasteiger partial charge in [0.1, 0.15) is 38.6 Å². The quantitative estimate of drug-likeness (QED) is 0.0570. The van der Waals surface area contributed by atoms with Crippen molar-refractivity contribution < 1.29 is 89.2 Å². The molecule has 5 saturated heterocycles. The predicted octanol–water partition coefficient (Wildman–Crippen LogP) is 7.68. The molecule has 0 spiro atoms. The lowest BCUT2D eigenvalue weighted by molar-refractivity contribution is -0.290. The second-order valence-electron chi connectivity index (χ2n) is 21.8. The molecule has 0 radical (unpaired) electrons. The molecule has 0 aromatic heterocycles. The van der Waals surface area contributed by atoms with E-state index >= 15 is 17.6 Å². The van der Waals surface area contributed by atoms with Crippen LogP contribution in [-0.2, 0) is 18.9 Å². The maximum absolute atomic E-state index is 15.1. The van der Waals surface area contributed by atoms with E-state index in [1.807, 2.05) is 0 Å². The Hall–Kier alpha value is 0.320. The highest BCUT2D eigenvalue weighted by atomic mass is 79.9. The smallest absolute Gasteiger partial charge is 0.330 e. The van der Waals surface area contributed by atoms with Crippen molar-refractivity contribution in [3.8, 4) is 0 Å². The minimum Gasteiger partial charge on any atom is -0.368 e. The summed E-state index contributed by atoms with van der Waals surface area (Å²) in [5, 5.41) is 28.7. The van der Waals surface area contributed by atoms with E-state index in [4.69, 9.17) is 18.9 Å². The molecule has 9 fully saturated rings. The first-order chi connectivity index (χ1) is 35.6. The summed E-state index contributed by atoms with van der Waals surface area (Å²) in [6.45, 7) is -9.45. The molecule has 8 bridgehead atoms. The lowest BCUT2D eigenvalue weighted by Gasteiger charge is -2.51. The van der Waals surface area contributed by atoms with E-state index in [1.54, 1.807) is 0 Å². The fourth-order valence-electron chi connectivity index (χ4n) is 13.8. The van der Waals surface area contributed by atoms with Crippen LogP contribution in [0.25, 0.3) is 0 Å². The molecule has 12 nitrogen and oxygen atoms in total. The van der Waals surface area contributed by atoms with Crippen LogP contribution >= 0.6 is 63.7 Å². The molecule has 24 atom stereocenters. The summed E-state index contributed by atoms with van der Waals surface area (Å²) in [6, 6.07) is 0. The summed E-state index contributed by atoms with van der Waals surface area (Å²) in [7, 11) is 0. The molecular formula is C44H60Br4F16N8O4. The summed E-state index contributed by atoms with van der Waals surface area (Å²) >= 11 is 15.4. The number of rotatable bonds is 16. The fourth-order valence-corrected chi connectivity index (χ4v) is 18.0. The highest BCUT2D eigenvalue weighted by Gasteiger charge is 2.66. The van der Waals surface area contributed by atoms with E-state index in [9.17, 15) is 52.7 Å². The van der Waals surface area contributed by atoms with E-state index in [0.29, 0.717) is 12.8 Å². The Balaban J connectivity index is 1.21. The minimum absolute atomic E-state index is 0.0830. The predicted molar refractivity (Wildman–Crippen MR) is 254 cm³/mol. The Morgan fingerprint density at radius 2 is 0.526 bits per heavy atom. The number of nitrogens with one attached hydrogen (secondary N) is 8. The van der Waals surface area contributed by atoms with Gasteiger partial charge in [-0.3, -0.25) is 42.5 Å². The maximum atomic E-state index is 15.1. The molecule has 8 N–H and O–H groups in total. The molecule has 32 heteroatoms. The highest BCUT2D eigenvalue weighted by Crippen LogP contribution is 2.52. The van der Waals surface area contributed by atoms with Crippen LogP contribution in [0.15, 0.2) is 0 Å². The van der Waals surface area contributed by atoms with Crippen LogP contribution in [0.5, 0.6) is 0 Å². The zero-order valence-corrected chi connectivity index (χ0v) is 46.2. The number of halogens is 20. The highest BCUT2D eigenvalue weighted by molar-refractivity contribution is 9.14. The molecule has 9 rings (SSSR count). The first kappa shape index (κ1) is 60.9. The van der Waals surface area contributed by atoms with Gasteiger partial charge in [0, 0.05) is 43.0 Å². The van der Waals surface area contributed by atoms with Crippen LogP contribution in [0.1, 0.15) is 51.4 Å². The molecule has 4 aliphatic carbocycles. The van der Waals surface area contributed by atoms with Gasteiger partial charge in [-0.1, -0.05) is 89.4 Å². The molecule has 24 unspecified atom stereocenters. The second kappa shape index (κ2) is 23.8. The van der Waals surface area contributed by atoms with Crippen LogP contribution in [-0.4, -0.2) is 169 Å². The lowest BCUT2D eigenvalue weighted by atomic mass is 9.71. The number of hydrogen-bond acceptors (Lipinski definition) is 12. The molecule has 5 heterocycles. The molecule has 4 saturated carbocycles. The molecular weight excluding hydrogens is 1330 g/mol. The second-order valence-corrected chi connectivity index (χ2v) is 26.0. The van der Waals surface area contributed by atoms with Gasteiger partial charge >= 0.3 is 49.4 Å². The Kier molecular flexibility index (Phi) is 19.0. The van der Waals surface area contributed by atoms with Crippen molar-refractivity contribution in [1.82, 2.24) is 42.5 Å². The minimum atomic E-state index is -5.17. The van der Waals surface area contributed by atoms with Crippen LogP contribution in [0.4, 0.5) is 70.2 Å². The zero-order valence-electron chi connectivity index (χ0n) is 39.8. The number of fused-ring (bicyclic) bond motifs is 20. The summed E-state index contributed by atoms with van der Waals surface area (Å²) in [5.41, 5.74) is 0. The SMILES string of the molecule is FC(F)C(F)(F)COC1C(OCC(F)(F)C(F)F)C(OCC(F)(F)C(F)F)C2C3NC4NC(NC5NC(NC6NC(NC(N3)C2C1OCC(F)(F)C(F)F)C1CCCCC61)C1CCCCC51)C1C(Br)C(Br)C(Br)C(Br)C41. The summed E-state index contributed by atoms with van der Waals surface area (Å²) in [6.07, 6.45) is -28.1.